The average molecular weight is 371 g/mol. The lowest BCUT2D eigenvalue weighted by Crippen LogP contribution is -2.25. The van der Waals surface area contributed by atoms with E-state index in [0.29, 0.717) is 0 Å². The molecule has 2 heteroatoms. The summed E-state index contributed by atoms with van der Waals surface area (Å²) in [7, 11) is 0. The maximum absolute atomic E-state index is 2.46. The second-order valence-corrected chi connectivity index (χ2v) is 8.23. The number of hydrogen-bond donors (Lipinski definition) is 0. The molecular formula is C25H42N2. The molecule has 0 spiro atoms. The normalized spacial score (nSPS) is 13.7. The van der Waals surface area contributed by atoms with Crippen molar-refractivity contribution in [3.8, 4) is 0 Å². The quantitative estimate of drug-likeness (QED) is 0.281. The summed E-state index contributed by atoms with van der Waals surface area (Å²) in [5.74, 6) is 0. The number of nitrogens with zero attached hydrogens (tertiary/aromatic N) is 2. The van der Waals surface area contributed by atoms with Gasteiger partial charge in [0.25, 0.3) is 0 Å². The van der Waals surface area contributed by atoms with E-state index < -0.39 is 0 Å². The molecule has 1 aliphatic heterocycles. The van der Waals surface area contributed by atoms with E-state index in [1.807, 2.05) is 0 Å². The zero-order valence-corrected chi connectivity index (χ0v) is 17.7. The van der Waals surface area contributed by atoms with Gasteiger partial charge in [0, 0.05) is 25.5 Å². The maximum Gasteiger partial charge on any atom is 0.0897 e. The first-order chi connectivity index (χ1) is 13.4. The van der Waals surface area contributed by atoms with E-state index in [1.54, 1.807) is 0 Å². The highest BCUT2D eigenvalue weighted by Crippen LogP contribution is 2.15. The van der Waals surface area contributed by atoms with Gasteiger partial charge < -0.3 is 9.80 Å². The van der Waals surface area contributed by atoms with Crippen LogP contribution in [0.2, 0.25) is 0 Å². The molecule has 0 radical (unpaired) electrons. The molecule has 27 heavy (non-hydrogen) atoms. The Balaban J connectivity index is 1.35. The molecule has 0 bridgehead atoms. The molecule has 0 fully saturated rings. The zero-order chi connectivity index (χ0) is 19.0. The molecular weight excluding hydrogens is 328 g/mol. The van der Waals surface area contributed by atoms with Crippen molar-refractivity contribution in [2.75, 3.05) is 13.2 Å². The van der Waals surface area contributed by atoms with Gasteiger partial charge >= 0.3 is 0 Å². The van der Waals surface area contributed by atoms with Gasteiger partial charge in [-0.15, -0.1) is 0 Å². The summed E-state index contributed by atoms with van der Waals surface area (Å²) in [5, 5.41) is 0. The van der Waals surface area contributed by atoms with Crippen LogP contribution in [0.5, 0.6) is 0 Å². The van der Waals surface area contributed by atoms with E-state index in [2.05, 4.69) is 59.5 Å². The van der Waals surface area contributed by atoms with Gasteiger partial charge in [-0.05, 0) is 12.0 Å². The van der Waals surface area contributed by atoms with Gasteiger partial charge in [0.15, 0.2) is 0 Å². The molecule has 2 nitrogen and oxygen atoms in total. The largest absolute Gasteiger partial charge is 0.359 e. The first-order valence-corrected chi connectivity index (χ1v) is 11.6. The second kappa shape index (κ2) is 14.6. The Morgan fingerprint density at radius 3 is 1.74 bits per heavy atom. The molecule has 0 amide bonds. The fourth-order valence-corrected chi connectivity index (χ4v) is 3.91. The minimum atomic E-state index is 1.02. The highest BCUT2D eigenvalue weighted by atomic mass is 15.3. The Bertz CT molecular complexity index is 482. The van der Waals surface area contributed by atoms with Crippen molar-refractivity contribution < 1.29 is 0 Å². The van der Waals surface area contributed by atoms with Gasteiger partial charge in [0.05, 0.1) is 6.67 Å². The third-order valence-corrected chi connectivity index (χ3v) is 5.63. The van der Waals surface area contributed by atoms with Crippen LogP contribution >= 0.6 is 0 Å². The van der Waals surface area contributed by atoms with Crippen LogP contribution in [0.15, 0.2) is 42.7 Å². The predicted molar refractivity (Wildman–Crippen MR) is 118 cm³/mol. The molecule has 0 aromatic heterocycles. The number of hydrogen-bond acceptors (Lipinski definition) is 2. The summed E-state index contributed by atoms with van der Waals surface area (Å²) in [4.78, 5) is 4.86. The summed E-state index contributed by atoms with van der Waals surface area (Å²) >= 11 is 0. The number of benzene rings is 1. The Morgan fingerprint density at radius 2 is 1.15 bits per heavy atom. The standard InChI is InChI=1S/C25H42N2/c1-2-3-4-5-6-7-8-9-10-11-12-13-17-20-26-21-22-27(24-26)23-25-18-15-14-16-19-25/h14-16,18-19,21-22H,2-13,17,20,23-24H2,1H3. The Labute approximate surface area is 168 Å². The molecule has 0 saturated carbocycles. The zero-order valence-electron chi connectivity index (χ0n) is 17.7. The van der Waals surface area contributed by atoms with Gasteiger partial charge in [-0.2, -0.15) is 0 Å². The van der Waals surface area contributed by atoms with Crippen molar-refractivity contribution in [1.82, 2.24) is 9.80 Å². The van der Waals surface area contributed by atoms with Gasteiger partial charge in [-0.3, -0.25) is 0 Å². The number of rotatable bonds is 16. The minimum Gasteiger partial charge on any atom is -0.359 e. The van der Waals surface area contributed by atoms with Crippen molar-refractivity contribution in [1.29, 1.82) is 0 Å². The van der Waals surface area contributed by atoms with E-state index in [-0.39, 0.29) is 0 Å². The molecule has 152 valence electrons. The fourth-order valence-electron chi connectivity index (χ4n) is 3.91. The monoisotopic (exact) mass is 370 g/mol. The summed E-state index contributed by atoms with van der Waals surface area (Å²) in [5.41, 5.74) is 1.39. The van der Waals surface area contributed by atoms with Crippen LogP contribution in [-0.2, 0) is 6.54 Å². The van der Waals surface area contributed by atoms with E-state index in [4.69, 9.17) is 0 Å². The van der Waals surface area contributed by atoms with Gasteiger partial charge in [-0.25, -0.2) is 0 Å². The van der Waals surface area contributed by atoms with Crippen LogP contribution in [0.4, 0.5) is 0 Å². The first kappa shape index (κ1) is 21.9. The van der Waals surface area contributed by atoms with Gasteiger partial charge in [0.1, 0.15) is 0 Å². The van der Waals surface area contributed by atoms with Crippen molar-refractivity contribution >= 4 is 0 Å². The first-order valence-electron chi connectivity index (χ1n) is 11.6. The van der Waals surface area contributed by atoms with Crippen LogP contribution in [-0.4, -0.2) is 23.0 Å². The lowest BCUT2D eigenvalue weighted by molar-refractivity contribution is 0.256. The molecule has 0 N–H and O–H groups in total. The second-order valence-electron chi connectivity index (χ2n) is 8.23. The molecule has 1 heterocycles. The summed E-state index contributed by atoms with van der Waals surface area (Å²) in [6.45, 7) is 5.57. The molecule has 1 aromatic rings. The van der Waals surface area contributed by atoms with Crippen LogP contribution in [0.3, 0.4) is 0 Å². The highest BCUT2D eigenvalue weighted by molar-refractivity contribution is 5.15. The van der Waals surface area contributed by atoms with Gasteiger partial charge in [-0.1, -0.05) is 114 Å². The van der Waals surface area contributed by atoms with Crippen LogP contribution < -0.4 is 0 Å². The molecule has 0 unspecified atom stereocenters. The summed E-state index contributed by atoms with van der Waals surface area (Å²) < 4.78 is 0. The topological polar surface area (TPSA) is 6.48 Å². The molecule has 0 aliphatic carbocycles. The SMILES string of the molecule is CCCCCCCCCCCCCCCN1C=CN(Cc2ccccc2)C1. The maximum atomic E-state index is 2.46. The summed E-state index contributed by atoms with van der Waals surface area (Å²) in [6.07, 6.45) is 23.1. The summed E-state index contributed by atoms with van der Waals surface area (Å²) in [6, 6.07) is 10.8. The van der Waals surface area contributed by atoms with E-state index in [1.165, 1.54) is 95.6 Å². The molecule has 1 aliphatic rings. The van der Waals surface area contributed by atoms with Crippen LogP contribution in [0.1, 0.15) is 96.0 Å². The van der Waals surface area contributed by atoms with E-state index in [9.17, 15) is 0 Å². The highest BCUT2D eigenvalue weighted by Gasteiger charge is 2.11. The molecule has 1 aromatic carbocycles. The van der Waals surface area contributed by atoms with Crippen LogP contribution in [0.25, 0.3) is 0 Å². The molecule has 2 rings (SSSR count). The van der Waals surface area contributed by atoms with Crippen molar-refractivity contribution in [2.24, 2.45) is 0 Å². The fraction of sp³-hybridized carbons (Fsp3) is 0.680. The Morgan fingerprint density at radius 1 is 0.630 bits per heavy atom. The minimum absolute atomic E-state index is 1.02. The van der Waals surface area contributed by atoms with Gasteiger partial charge in [0.2, 0.25) is 0 Å². The number of unbranched alkanes of at least 4 members (excludes halogenated alkanes) is 12. The van der Waals surface area contributed by atoms with Crippen molar-refractivity contribution in [3.63, 3.8) is 0 Å². The Kier molecular flexibility index (Phi) is 11.8. The Hall–Kier alpha value is -1.44. The molecule has 0 atom stereocenters. The van der Waals surface area contributed by atoms with Crippen molar-refractivity contribution in [3.05, 3.63) is 48.3 Å². The third kappa shape index (κ3) is 10.5. The molecule has 0 saturated heterocycles. The third-order valence-electron chi connectivity index (χ3n) is 5.63. The average Bonchev–Trinajstić information content (AvgIpc) is 3.13. The van der Waals surface area contributed by atoms with Crippen molar-refractivity contribution in [2.45, 2.75) is 96.9 Å². The lowest BCUT2D eigenvalue weighted by atomic mass is 10.0. The predicted octanol–water partition coefficient (Wildman–Crippen LogP) is 7.32. The van der Waals surface area contributed by atoms with E-state index in [0.717, 1.165) is 13.2 Å². The van der Waals surface area contributed by atoms with Crippen LogP contribution in [0, 0.1) is 0 Å². The van der Waals surface area contributed by atoms with E-state index >= 15 is 0 Å². The lowest BCUT2D eigenvalue weighted by Gasteiger charge is -2.21. The smallest absolute Gasteiger partial charge is 0.0897 e.